The predicted octanol–water partition coefficient (Wildman–Crippen LogP) is 1.49. The van der Waals surface area contributed by atoms with Gasteiger partial charge in [-0.25, -0.2) is 13.1 Å². The number of carbonyl (C=O) groups is 1. The number of nitrogens with one attached hydrogen (secondary N) is 2. The maximum atomic E-state index is 12.4. The molecule has 0 bridgehead atoms. The number of hydrogen-bond donors (Lipinski definition) is 2. The van der Waals surface area contributed by atoms with Crippen molar-refractivity contribution in [3.63, 3.8) is 0 Å². The van der Waals surface area contributed by atoms with Crippen LogP contribution in [0.25, 0.3) is 0 Å². The van der Waals surface area contributed by atoms with Crippen molar-refractivity contribution in [2.24, 2.45) is 0 Å². The van der Waals surface area contributed by atoms with Gasteiger partial charge in [-0.2, -0.15) is 5.10 Å². The second-order valence-corrected chi connectivity index (χ2v) is 7.87. The molecule has 0 aromatic carbocycles. The summed E-state index contributed by atoms with van der Waals surface area (Å²) in [6.07, 6.45) is 5.49. The number of amides is 1. The Labute approximate surface area is 137 Å². The standard InChI is InChI=1S/C15H26N4O3S/c1-11-15(12(2)18-17-11)23(21,22)16-9-10-19(13(3)20)14-7-5-4-6-8-14/h14,16H,4-10H2,1-3H3,(H,17,18). The normalized spacial score (nSPS) is 16.5. The summed E-state index contributed by atoms with van der Waals surface area (Å²) in [6, 6.07) is 0.239. The van der Waals surface area contributed by atoms with Crippen LogP contribution in [0.2, 0.25) is 0 Å². The zero-order chi connectivity index (χ0) is 17.0. The number of aryl methyl sites for hydroxylation is 2. The van der Waals surface area contributed by atoms with Gasteiger partial charge in [-0.15, -0.1) is 0 Å². The fourth-order valence-corrected chi connectivity index (χ4v) is 4.69. The van der Waals surface area contributed by atoms with E-state index in [0.29, 0.717) is 17.9 Å². The summed E-state index contributed by atoms with van der Waals surface area (Å²) in [5.74, 6) is 0.00627. The minimum absolute atomic E-state index is 0.00627. The summed E-state index contributed by atoms with van der Waals surface area (Å²) in [7, 11) is -3.61. The zero-order valence-corrected chi connectivity index (χ0v) is 14.9. The van der Waals surface area contributed by atoms with E-state index in [1.54, 1.807) is 25.7 Å². The topological polar surface area (TPSA) is 95.2 Å². The fraction of sp³-hybridized carbons (Fsp3) is 0.733. The van der Waals surface area contributed by atoms with Gasteiger partial charge in [0.15, 0.2) is 0 Å². The van der Waals surface area contributed by atoms with Crippen LogP contribution in [-0.4, -0.2) is 48.6 Å². The highest BCUT2D eigenvalue weighted by Gasteiger charge is 2.25. The average molecular weight is 342 g/mol. The summed E-state index contributed by atoms with van der Waals surface area (Å²) in [6.45, 7) is 5.49. The number of aromatic amines is 1. The second-order valence-electron chi connectivity index (χ2n) is 6.17. The Morgan fingerprint density at radius 2 is 1.96 bits per heavy atom. The molecule has 0 unspecified atom stereocenters. The van der Waals surface area contributed by atoms with Crippen LogP contribution in [0, 0.1) is 13.8 Å². The number of carbonyl (C=O) groups excluding carboxylic acids is 1. The van der Waals surface area contributed by atoms with Gasteiger partial charge in [0.05, 0.1) is 11.4 Å². The van der Waals surface area contributed by atoms with Gasteiger partial charge >= 0.3 is 0 Å². The first-order valence-electron chi connectivity index (χ1n) is 8.11. The molecule has 23 heavy (non-hydrogen) atoms. The van der Waals surface area contributed by atoms with E-state index in [-0.39, 0.29) is 23.4 Å². The minimum Gasteiger partial charge on any atom is -0.339 e. The molecule has 1 heterocycles. The summed E-state index contributed by atoms with van der Waals surface area (Å²) in [5.41, 5.74) is 0.969. The Morgan fingerprint density at radius 3 is 2.48 bits per heavy atom. The van der Waals surface area contributed by atoms with E-state index in [0.717, 1.165) is 25.7 Å². The van der Waals surface area contributed by atoms with Gasteiger partial charge in [0.25, 0.3) is 0 Å². The molecule has 8 heteroatoms. The van der Waals surface area contributed by atoms with Crippen molar-refractivity contribution in [3.05, 3.63) is 11.4 Å². The fourth-order valence-electron chi connectivity index (χ4n) is 3.30. The largest absolute Gasteiger partial charge is 0.339 e. The third-order valence-electron chi connectivity index (χ3n) is 4.39. The Hall–Kier alpha value is -1.41. The number of sulfonamides is 1. The Kier molecular flexibility index (Phi) is 5.80. The van der Waals surface area contributed by atoms with E-state index in [1.807, 2.05) is 0 Å². The summed E-state index contributed by atoms with van der Waals surface area (Å²) in [5, 5.41) is 6.60. The van der Waals surface area contributed by atoms with Crippen LogP contribution >= 0.6 is 0 Å². The van der Waals surface area contributed by atoms with Gasteiger partial charge in [0.1, 0.15) is 4.90 Å². The Bertz CT molecular complexity index is 628. The lowest BCUT2D eigenvalue weighted by Crippen LogP contribution is -2.44. The second kappa shape index (κ2) is 7.44. The van der Waals surface area contributed by atoms with Crippen LogP contribution in [-0.2, 0) is 14.8 Å². The zero-order valence-electron chi connectivity index (χ0n) is 14.1. The molecule has 130 valence electrons. The number of hydrogen-bond acceptors (Lipinski definition) is 4. The molecular formula is C15H26N4O3S. The van der Waals surface area contributed by atoms with Crippen molar-refractivity contribution in [1.29, 1.82) is 0 Å². The lowest BCUT2D eigenvalue weighted by atomic mass is 9.94. The van der Waals surface area contributed by atoms with E-state index in [1.165, 1.54) is 6.42 Å². The van der Waals surface area contributed by atoms with Crippen molar-refractivity contribution < 1.29 is 13.2 Å². The van der Waals surface area contributed by atoms with Crippen molar-refractivity contribution in [2.45, 2.75) is 63.8 Å². The third-order valence-corrected chi connectivity index (χ3v) is 6.12. The Morgan fingerprint density at radius 1 is 1.30 bits per heavy atom. The van der Waals surface area contributed by atoms with Gasteiger partial charge in [0.2, 0.25) is 15.9 Å². The molecule has 0 spiro atoms. The van der Waals surface area contributed by atoms with E-state index < -0.39 is 10.0 Å². The minimum atomic E-state index is -3.61. The Balaban J connectivity index is 1.98. The molecule has 0 saturated heterocycles. The SMILES string of the molecule is CC(=O)N(CCNS(=O)(=O)c1c(C)n[nH]c1C)C1CCCCC1. The quantitative estimate of drug-likeness (QED) is 0.819. The molecule has 0 radical (unpaired) electrons. The number of nitrogens with zero attached hydrogens (tertiary/aromatic N) is 2. The summed E-state index contributed by atoms with van der Waals surface area (Å²) in [4.78, 5) is 13.9. The maximum Gasteiger partial charge on any atom is 0.244 e. The van der Waals surface area contributed by atoms with Crippen LogP contribution in [0.4, 0.5) is 0 Å². The monoisotopic (exact) mass is 342 g/mol. The lowest BCUT2D eigenvalue weighted by molar-refractivity contribution is -0.131. The van der Waals surface area contributed by atoms with Crippen LogP contribution in [0.3, 0.4) is 0 Å². The van der Waals surface area contributed by atoms with Crippen LogP contribution in [0.1, 0.15) is 50.4 Å². The van der Waals surface area contributed by atoms with Gasteiger partial charge in [-0.1, -0.05) is 19.3 Å². The van der Waals surface area contributed by atoms with E-state index >= 15 is 0 Å². The molecular weight excluding hydrogens is 316 g/mol. The lowest BCUT2D eigenvalue weighted by Gasteiger charge is -2.33. The molecule has 1 aromatic rings. The van der Waals surface area contributed by atoms with Crippen LogP contribution in [0.15, 0.2) is 4.90 Å². The van der Waals surface area contributed by atoms with E-state index in [4.69, 9.17) is 0 Å². The first kappa shape index (κ1) is 17.9. The number of H-pyrrole nitrogens is 1. The summed E-state index contributed by atoms with van der Waals surface area (Å²) < 4.78 is 27.4. The van der Waals surface area contributed by atoms with Gasteiger partial charge in [-0.05, 0) is 26.7 Å². The highest BCUT2D eigenvalue weighted by atomic mass is 32.2. The van der Waals surface area contributed by atoms with Gasteiger partial charge in [0, 0.05) is 26.1 Å². The van der Waals surface area contributed by atoms with Crippen molar-refractivity contribution in [2.75, 3.05) is 13.1 Å². The predicted molar refractivity (Wildman–Crippen MR) is 87.5 cm³/mol. The molecule has 0 atom stereocenters. The molecule has 1 fully saturated rings. The molecule has 1 aliphatic rings. The summed E-state index contributed by atoms with van der Waals surface area (Å²) >= 11 is 0. The van der Waals surface area contributed by atoms with Gasteiger partial charge < -0.3 is 4.90 Å². The molecule has 0 aliphatic heterocycles. The first-order chi connectivity index (χ1) is 10.8. The third kappa shape index (κ3) is 4.32. The van der Waals surface area contributed by atoms with Crippen molar-refractivity contribution >= 4 is 15.9 Å². The smallest absolute Gasteiger partial charge is 0.244 e. The molecule has 1 amide bonds. The molecule has 1 aromatic heterocycles. The number of aromatic nitrogens is 2. The molecule has 1 aliphatic carbocycles. The molecule has 2 N–H and O–H groups in total. The van der Waals surface area contributed by atoms with Gasteiger partial charge in [-0.3, -0.25) is 9.89 Å². The van der Waals surface area contributed by atoms with Crippen LogP contribution in [0.5, 0.6) is 0 Å². The van der Waals surface area contributed by atoms with Crippen molar-refractivity contribution in [3.8, 4) is 0 Å². The van der Waals surface area contributed by atoms with Crippen molar-refractivity contribution in [1.82, 2.24) is 19.8 Å². The maximum absolute atomic E-state index is 12.4. The number of rotatable bonds is 6. The van der Waals surface area contributed by atoms with E-state index in [9.17, 15) is 13.2 Å². The highest BCUT2D eigenvalue weighted by molar-refractivity contribution is 7.89. The average Bonchev–Trinajstić information content (AvgIpc) is 2.84. The molecule has 7 nitrogen and oxygen atoms in total. The van der Waals surface area contributed by atoms with Crippen LogP contribution < -0.4 is 4.72 Å². The molecule has 2 rings (SSSR count). The first-order valence-corrected chi connectivity index (χ1v) is 9.59. The van der Waals surface area contributed by atoms with E-state index in [2.05, 4.69) is 14.9 Å². The molecule has 1 saturated carbocycles. The highest BCUT2D eigenvalue weighted by Crippen LogP contribution is 2.22.